The first-order chi connectivity index (χ1) is 19.5. The summed E-state index contributed by atoms with van der Waals surface area (Å²) in [6, 6.07) is 10.2. The topological polar surface area (TPSA) is 116 Å². The van der Waals surface area contributed by atoms with Crippen LogP contribution in [-0.2, 0) is 21.2 Å². The highest BCUT2D eigenvalue weighted by Crippen LogP contribution is 2.34. The minimum Gasteiger partial charge on any atom is -0.378 e. The van der Waals surface area contributed by atoms with E-state index >= 15 is 0 Å². The lowest BCUT2D eigenvalue weighted by Gasteiger charge is -2.17. The molecule has 0 amide bonds. The summed E-state index contributed by atoms with van der Waals surface area (Å²) < 4.78 is 29.2. The van der Waals surface area contributed by atoms with Gasteiger partial charge in [-0.15, -0.1) is 0 Å². The minimum atomic E-state index is -3.22. The molecule has 2 N–H and O–H groups in total. The zero-order chi connectivity index (χ0) is 29.5. The van der Waals surface area contributed by atoms with Gasteiger partial charge in [0.15, 0.2) is 11.4 Å². The smallest absolute Gasteiger partial charge is 0.213 e. The number of fused-ring (bicyclic) bond motifs is 1. The fourth-order valence-corrected chi connectivity index (χ4v) is 7.10. The molecule has 4 aromatic rings. The van der Waals surface area contributed by atoms with Gasteiger partial charge in [-0.1, -0.05) is 12.1 Å². The Hall–Kier alpha value is -3.06. The van der Waals surface area contributed by atoms with E-state index in [4.69, 9.17) is 4.98 Å². The second-order valence-corrected chi connectivity index (χ2v) is 14.0. The molecule has 3 aromatic heterocycles. The number of nitrogens with zero attached hydrogens (tertiary/aromatic N) is 5. The van der Waals surface area contributed by atoms with Crippen LogP contribution in [-0.4, -0.2) is 88.4 Å². The summed E-state index contributed by atoms with van der Waals surface area (Å²) in [6.07, 6.45) is 2.83. The van der Waals surface area contributed by atoms with Crippen molar-refractivity contribution in [3.8, 4) is 17.1 Å². The Morgan fingerprint density at radius 3 is 2.76 bits per heavy atom. The number of H-pyrrole nitrogens is 1. The second kappa shape index (κ2) is 11.7. The van der Waals surface area contributed by atoms with E-state index in [-0.39, 0.29) is 17.6 Å². The number of ketones is 1. The molecule has 1 aliphatic heterocycles. The van der Waals surface area contributed by atoms with Gasteiger partial charge in [-0.3, -0.25) is 4.79 Å². The van der Waals surface area contributed by atoms with Crippen LogP contribution in [0.2, 0.25) is 0 Å². The van der Waals surface area contributed by atoms with Gasteiger partial charge in [-0.25, -0.2) is 18.4 Å². The number of hydrogen-bond donors (Lipinski definition) is 2. The Kier molecular flexibility index (Phi) is 8.38. The number of rotatable bonds is 10. The average Bonchev–Trinajstić information content (AvgIpc) is 3.63. The van der Waals surface area contributed by atoms with Crippen LogP contribution < -0.4 is 5.32 Å². The molecule has 1 fully saturated rings. The lowest BCUT2D eigenvalue weighted by Crippen LogP contribution is -2.32. The van der Waals surface area contributed by atoms with Gasteiger partial charge in [-0.05, 0) is 81.0 Å². The van der Waals surface area contributed by atoms with Crippen LogP contribution in [0.15, 0.2) is 41.0 Å². The van der Waals surface area contributed by atoms with Crippen molar-refractivity contribution in [1.82, 2.24) is 28.7 Å². The van der Waals surface area contributed by atoms with Crippen LogP contribution in [0.1, 0.15) is 30.3 Å². The number of carbonyl (C=O) groups is 1. The maximum Gasteiger partial charge on any atom is 0.213 e. The molecule has 1 saturated heterocycles. The molecule has 0 radical (unpaired) electrons. The number of halogens is 1. The molecule has 0 spiro atoms. The van der Waals surface area contributed by atoms with Gasteiger partial charge in [0.25, 0.3) is 0 Å². The number of sulfonamides is 1. The van der Waals surface area contributed by atoms with Crippen molar-refractivity contribution in [2.75, 3.05) is 44.8 Å². The zero-order valence-corrected chi connectivity index (χ0v) is 26.4. The van der Waals surface area contributed by atoms with Crippen LogP contribution in [0.5, 0.6) is 0 Å². The van der Waals surface area contributed by atoms with Gasteiger partial charge >= 0.3 is 0 Å². The molecule has 1 aliphatic rings. The molecule has 0 saturated carbocycles. The predicted octanol–water partition coefficient (Wildman–Crippen LogP) is 4.30. The first kappa shape index (κ1) is 29.4. The van der Waals surface area contributed by atoms with Crippen LogP contribution >= 0.6 is 15.9 Å². The third kappa shape index (κ3) is 6.11. The molecule has 12 heteroatoms. The van der Waals surface area contributed by atoms with Crippen molar-refractivity contribution in [3.63, 3.8) is 0 Å². The van der Waals surface area contributed by atoms with Crippen molar-refractivity contribution in [3.05, 3.63) is 58.0 Å². The molecule has 10 nitrogen and oxygen atoms in total. The Morgan fingerprint density at radius 1 is 1.24 bits per heavy atom. The van der Waals surface area contributed by atoms with E-state index in [2.05, 4.69) is 61.8 Å². The quantitative estimate of drug-likeness (QED) is 0.265. The standard InChI is InChI=1S/C29H36BrN7O3S/c1-6-41(39,40)36-11-10-21(16-36)32-26-25(30)15-31-29-27(26)33-28(34-29)24-12-18(2)37(19(24)3)22-9-7-8-20(13-22)14-23(38)17-35(4)5/h7-9,12-13,15,21H,6,10-11,14,16-17H2,1-5H3,(H2,31,32,33,34)/t21-/m0/s1. The van der Waals surface area contributed by atoms with Crippen molar-refractivity contribution >= 4 is 48.6 Å². The van der Waals surface area contributed by atoms with Crippen LogP contribution in [0.25, 0.3) is 28.2 Å². The van der Waals surface area contributed by atoms with E-state index in [1.54, 1.807) is 17.4 Å². The molecule has 5 rings (SSSR count). The zero-order valence-electron chi connectivity index (χ0n) is 24.0. The summed E-state index contributed by atoms with van der Waals surface area (Å²) in [7, 11) is 0.575. The van der Waals surface area contributed by atoms with Crippen LogP contribution in [0.4, 0.5) is 5.69 Å². The Balaban J connectivity index is 1.44. The Morgan fingerprint density at radius 2 is 2.02 bits per heavy atom. The highest BCUT2D eigenvalue weighted by Gasteiger charge is 2.31. The van der Waals surface area contributed by atoms with Crippen molar-refractivity contribution < 1.29 is 13.2 Å². The lowest BCUT2D eigenvalue weighted by molar-refractivity contribution is -0.119. The number of nitrogens with one attached hydrogen (secondary N) is 2. The largest absolute Gasteiger partial charge is 0.378 e. The van der Waals surface area contributed by atoms with Crippen LogP contribution in [0, 0.1) is 13.8 Å². The molecule has 0 aliphatic carbocycles. The van der Waals surface area contributed by atoms with E-state index in [9.17, 15) is 13.2 Å². The first-order valence-electron chi connectivity index (χ1n) is 13.7. The molecule has 4 heterocycles. The highest BCUT2D eigenvalue weighted by atomic mass is 79.9. The Labute approximate surface area is 249 Å². The number of hydrogen-bond acceptors (Lipinski definition) is 7. The lowest BCUT2D eigenvalue weighted by atomic mass is 10.1. The molecule has 1 aromatic carbocycles. The van der Waals surface area contributed by atoms with Crippen molar-refractivity contribution in [2.45, 2.75) is 39.7 Å². The van der Waals surface area contributed by atoms with Crippen molar-refractivity contribution in [2.24, 2.45) is 0 Å². The van der Waals surface area contributed by atoms with Crippen molar-refractivity contribution in [1.29, 1.82) is 0 Å². The first-order valence-corrected chi connectivity index (χ1v) is 16.1. The summed E-state index contributed by atoms with van der Waals surface area (Å²) in [6.45, 7) is 7.13. The molecule has 0 bridgehead atoms. The maximum absolute atomic E-state index is 12.4. The highest BCUT2D eigenvalue weighted by molar-refractivity contribution is 9.10. The normalized spacial score (nSPS) is 16.2. The molecule has 0 unspecified atom stereocenters. The number of carbonyl (C=O) groups excluding carboxylic acids is 1. The van der Waals surface area contributed by atoms with Crippen LogP contribution in [0.3, 0.4) is 0 Å². The fourth-order valence-electron chi connectivity index (χ4n) is 5.53. The number of aryl methyl sites for hydroxylation is 1. The number of benzene rings is 1. The number of aromatic nitrogens is 4. The minimum absolute atomic E-state index is 0.0214. The predicted molar refractivity (Wildman–Crippen MR) is 166 cm³/mol. The maximum atomic E-state index is 12.4. The summed E-state index contributed by atoms with van der Waals surface area (Å²) in [5.41, 5.74) is 7.15. The second-order valence-electron chi connectivity index (χ2n) is 10.9. The fraction of sp³-hybridized carbons (Fsp3) is 0.414. The molecule has 41 heavy (non-hydrogen) atoms. The third-order valence-corrected chi connectivity index (χ3v) is 9.93. The van der Waals surface area contributed by atoms with E-state index in [0.29, 0.717) is 37.5 Å². The SMILES string of the molecule is CCS(=O)(=O)N1CC[C@H](Nc2c(Br)cnc3nc(-c4cc(C)n(-c5cccc(CC(=O)CN(C)C)c5)c4C)[nH]c23)C1. The summed E-state index contributed by atoms with van der Waals surface area (Å²) in [5.74, 6) is 0.979. The summed E-state index contributed by atoms with van der Waals surface area (Å²) in [5, 5.41) is 3.53. The number of aromatic amines is 1. The van der Waals surface area contributed by atoms with Gasteiger partial charge in [-0.2, -0.15) is 4.31 Å². The monoisotopic (exact) mass is 641 g/mol. The van der Waals surface area contributed by atoms with Gasteiger partial charge in [0.05, 0.1) is 22.5 Å². The molecule has 1 atom stereocenters. The van der Waals surface area contributed by atoms with E-state index in [0.717, 1.165) is 50.3 Å². The average molecular weight is 643 g/mol. The van der Waals surface area contributed by atoms with Gasteiger partial charge in [0.1, 0.15) is 11.3 Å². The van der Waals surface area contributed by atoms with Gasteiger partial charge in [0, 0.05) is 54.4 Å². The van der Waals surface area contributed by atoms with E-state index in [1.165, 1.54) is 0 Å². The Bertz CT molecular complexity index is 1710. The molecular formula is C29H36BrN7O3S. The van der Waals surface area contributed by atoms with E-state index in [1.807, 2.05) is 37.2 Å². The number of anilines is 1. The number of imidazole rings is 1. The van der Waals surface area contributed by atoms with Gasteiger partial charge in [0.2, 0.25) is 10.0 Å². The number of Topliss-reactive ketones (excluding diaryl/α,β-unsaturated/α-hetero) is 1. The number of likely N-dealkylation sites (N-methyl/N-ethyl adjacent to an activating group) is 1. The van der Waals surface area contributed by atoms with E-state index < -0.39 is 10.0 Å². The third-order valence-electron chi connectivity index (χ3n) is 7.48. The summed E-state index contributed by atoms with van der Waals surface area (Å²) >= 11 is 3.62. The summed E-state index contributed by atoms with van der Waals surface area (Å²) in [4.78, 5) is 27.1. The number of pyridine rings is 1. The molecular weight excluding hydrogens is 606 g/mol. The molecule has 218 valence electrons. The van der Waals surface area contributed by atoms with Gasteiger partial charge < -0.3 is 19.8 Å².